The molecule has 1 N–H and O–H groups in total. The van der Waals surface area contributed by atoms with Crippen molar-refractivity contribution in [2.45, 2.75) is 48.2 Å². The van der Waals surface area contributed by atoms with Crippen molar-refractivity contribution in [1.82, 2.24) is 4.90 Å². The van der Waals surface area contributed by atoms with Crippen LogP contribution >= 0.6 is 23.5 Å². The summed E-state index contributed by atoms with van der Waals surface area (Å²) in [7, 11) is 0. The highest BCUT2D eigenvalue weighted by Gasteiger charge is 2.58. The topological polar surface area (TPSA) is 23.5 Å². The van der Waals surface area contributed by atoms with Crippen molar-refractivity contribution in [1.29, 1.82) is 0 Å². The number of nitrogens with zero attached hydrogens (tertiary/aromatic N) is 1. The molecule has 0 spiro atoms. The molecule has 0 bridgehead atoms. The highest BCUT2D eigenvalue weighted by Crippen LogP contribution is 2.63. The summed E-state index contributed by atoms with van der Waals surface area (Å²) in [5, 5.41) is 12.5. The molecule has 2 saturated heterocycles. The number of piperidine rings is 1. The van der Waals surface area contributed by atoms with Crippen LogP contribution in [-0.4, -0.2) is 45.2 Å². The summed E-state index contributed by atoms with van der Waals surface area (Å²) < 4.78 is -0.298. The second-order valence-electron chi connectivity index (χ2n) is 8.80. The Kier molecular flexibility index (Phi) is 6.40. The van der Waals surface area contributed by atoms with Crippen molar-refractivity contribution in [2.24, 2.45) is 0 Å². The molecule has 4 heteroatoms. The lowest BCUT2D eigenvalue weighted by Gasteiger charge is -2.47. The quantitative estimate of drug-likeness (QED) is 0.602. The van der Waals surface area contributed by atoms with E-state index in [4.69, 9.17) is 0 Å². The number of likely N-dealkylation sites (tertiary alicyclic amines) is 1. The second kappa shape index (κ2) is 9.24. The number of fused-ring (bicyclic) bond motifs is 3. The minimum absolute atomic E-state index is 0.298. The Morgan fingerprint density at radius 1 is 0.806 bits per heavy atom. The Bertz CT molecular complexity index is 934. The van der Waals surface area contributed by atoms with Crippen molar-refractivity contribution in [3.8, 4) is 23.0 Å². The van der Waals surface area contributed by atoms with Crippen LogP contribution < -0.4 is 0 Å². The molecule has 2 nitrogen and oxygen atoms in total. The van der Waals surface area contributed by atoms with Gasteiger partial charge in [0.1, 0.15) is 5.60 Å². The van der Waals surface area contributed by atoms with Crippen molar-refractivity contribution in [3.05, 3.63) is 59.7 Å². The zero-order valence-corrected chi connectivity index (χ0v) is 19.7. The van der Waals surface area contributed by atoms with E-state index in [1.165, 1.54) is 49.9 Å². The molecule has 2 aliphatic heterocycles. The maximum Gasteiger partial charge on any atom is 0.140 e. The van der Waals surface area contributed by atoms with Gasteiger partial charge in [0, 0.05) is 6.42 Å². The lowest BCUT2D eigenvalue weighted by molar-refractivity contribution is 0.0691. The molecular formula is C27H31NOS2. The maximum absolute atomic E-state index is 12.5. The van der Waals surface area contributed by atoms with Crippen LogP contribution in [0.5, 0.6) is 0 Å². The lowest BCUT2D eigenvalue weighted by atomic mass is 9.85. The molecule has 0 aromatic heterocycles. The van der Waals surface area contributed by atoms with Gasteiger partial charge in [-0.15, -0.1) is 29.4 Å². The highest BCUT2D eigenvalue weighted by molar-refractivity contribution is 8.18. The fraction of sp³-hybridized carbons (Fsp3) is 0.481. The first-order valence-corrected chi connectivity index (χ1v) is 13.6. The summed E-state index contributed by atoms with van der Waals surface area (Å²) in [6.45, 7) is 3.28. The van der Waals surface area contributed by atoms with Gasteiger partial charge in [0.25, 0.3) is 0 Å². The average molecular weight is 450 g/mol. The van der Waals surface area contributed by atoms with E-state index in [-0.39, 0.29) is 4.08 Å². The SMILES string of the molecule is OC1(C2(CCC#CCN3CCCCC3)SCCCS2)c2ccccc2-c2ccccc21. The lowest BCUT2D eigenvalue weighted by Crippen LogP contribution is -2.48. The molecule has 2 aromatic rings. The van der Waals surface area contributed by atoms with E-state index in [1.807, 2.05) is 23.5 Å². The Balaban J connectivity index is 1.43. The summed E-state index contributed by atoms with van der Waals surface area (Å²) in [5.41, 5.74) is 3.52. The normalized spacial score (nSPS) is 21.6. The van der Waals surface area contributed by atoms with Gasteiger partial charge in [-0.1, -0.05) is 60.9 Å². The Morgan fingerprint density at radius 3 is 2.06 bits per heavy atom. The van der Waals surface area contributed by atoms with Crippen molar-refractivity contribution < 1.29 is 5.11 Å². The van der Waals surface area contributed by atoms with Crippen LogP contribution in [0, 0.1) is 11.8 Å². The highest BCUT2D eigenvalue weighted by atomic mass is 32.2. The molecule has 0 unspecified atom stereocenters. The molecule has 31 heavy (non-hydrogen) atoms. The smallest absolute Gasteiger partial charge is 0.140 e. The van der Waals surface area contributed by atoms with E-state index in [9.17, 15) is 5.11 Å². The summed E-state index contributed by atoms with van der Waals surface area (Å²) in [6, 6.07) is 16.9. The molecule has 2 fully saturated rings. The molecule has 0 amide bonds. The predicted molar refractivity (Wildman–Crippen MR) is 134 cm³/mol. The predicted octanol–water partition coefficient (Wildman–Crippen LogP) is 5.74. The van der Waals surface area contributed by atoms with Crippen LogP contribution in [0.25, 0.3) is 11.1 Å². The summed E-state index contributed by atoms with van der Waals surface area (Å²) in [5.74, 6) is 9.09. The first kappa shape index (κ1) is 21.5. The molecule has 1 aliphatic carbocycles. The molecule has 5 rings (SSSR count). The van der Waals surface area contributed by atoms with Gasteiger partial charge >= 0.3 is 0 Å². The number of hydrogen-bond acceptors (Lipinski definition) is 4. The molecule has 2 aromatic carbocycles. The van der Waals surface area contributed by atoms with Crippen LogP contribution in [0.3, 0.4) is 0 Å². The van der Waals surface area contributed by atoms with Gasteiger partial charge in [-0.25, -0.2) is 0 Å². The Labute approximate surface area is 195 Å². The third-order valence-electron chi connectivity index (χ3n) is 6.89. The second-order valence-corrected chi connectivity index (χ2v) is 11.8. The third-order valence-corrected chi connectivity index (χ3v) is 10.5. The van der Waals surface area contributed by atoms with E-state index in [0.29, 0.717) is 0 Å². The average Bonchev–Trinajstić information content (AvgIpc) is 3.11. The van der Waals surface area contributed by atoms with E-state index in [0.717, 1.165) is 42.0 Å². The van der Waals surface area contributed by atoms with Crippen LogP contribution in [0.4, 0.5) is 0 Å². The molecule has 0 saturated carbocycles. The maximum atomic E-state index is 12.5. The van der Waals surface area contributed by atoms with Crippen LogP contribution in [0.1, 0.15) is 49.7 Å². The van der Waals surface area contributed by atoms with Gasteiger partial charge in [-0.2, -0.15) is 0 Å². The van der Waals surface area contributed by atoms with Gasteiger partial charge in [-0.05, 0) is 72.5 Å². The molecular weight excluding hydrogens is 418 g/mol. The van der Waals surface area contributed by atoms with Crippen molar-refractivity contribution in [2.75, 3.05) is 31.1 Å². The van der Waals surface area contributed by atoms with Crippen molar-refractivity contribution >= 4 is 23.5 Å². The molecule has 3 aliphatic rings. The van der Waals surface area contributed by atoms with E-state index in [1.54, 1.807) is 0 Å². The van der Waals surface area contributed by atoms with Gasteiger partial charge in [-0.3, -0.25) is 4.90 Å². The Hall–Kier alpha value is -1.38. The van der Waals surface area contributed by atoms with E-state index in [2.05, 4.69) is 65.3 Å². The van der Waals surface area contributed by atoms with Crippen LogP contribution in [0.15, 0.2) is 48.5 Å². The Morgan fingerprint density at radius 2 is 1.42 bits per heavy atom. The van der Waals surface area contributed by atoms with Gasteiger partial charge in [0.2, 0.25) is 0 Å². The van der Waals surface area contributed by atoms with E-state index >= 15 is 0 Å². The summed E-state index contributed by atoms with van der Waals surface area (Å²) in [6.07, 6.45) is 6.92. The fourth-order valence-corrected chi connectivity index (χ4v) is 8.94. The molecule has 2 heterocycles. The minimum atomic E-state index is -0.982. The number of benzene rings is 2. The van der Waals surface area contributed by atoms with E-state index < -0.39 is 5.60 Å². The first-order valence-electron chi connectivity index (χ1n) is 11.6. The third kappa shape index (κ3) is 3.85. The number of rotatable bonds is 4. The first-order chi connectivity index (χ1) is 15.2. The summed E-state index contributed by atoms with van der Waals surface area (Å²) in [4.78, 5) is 2.48. The zero-order valence-electron chi connectivity index (χ0n) is 18.1. The van der Waals surface area contributed by atoms with Crippen LogP contribution in [-0.2, 0) is 5.60 Å². The largest absolute Gasteiger partial charge is 0.378 e. The monoisotopic (exact) mass is 449 g/mol. The van der Waals surface area contributed by atoms with Gasteiger partial charge in [0.15, 0.2) is 0 Å². The molecule has 162 valence electrons. The van der Waals surface area contributed by atoms with Gasteiger partial charge in [0.05, 0.1) is 10.6 Å². The molecule has 0 atom stereocenters. The van der Waals surface area contributed by atoms with Crippen LogP contribution in [0.2, 0.25) is 0 Å². The standard InChI is InChI=1S/C27H31NOS2/c29-27(24-14-5-3-12-22(24)23-13-4-6-15-25(23)27)26(30-20-11-21-31-26)16-7-1-8-17-28-18-9-2-10-19-28/h3-6,12-15,29H,2,7,9-11,16-21H2. The van der Waals surface area contributed by atoms with Crippen molar-refractivity contribution in [3.63, 3.8) is 0 Å². The minimum Gasteiger partial charge on any atom is -0.378 e. The fourth-order valence-electron chi connectivity index (χ4n) is 5.33. The molecule has 0 radical (unpaired) electrons. The number of aliphatic hydroxyl groups is 1. The zero-order chi connectivity index (χ0) is 21.2. The number of thioether (sulfide) groups is 2. The van der Waals surface area contributed by atoms with Gasteiger partial charge < -0.3 is 5.11 Å². The number of hydrogen-bond donors (Lipinski definition) is 1. The summed E-state index contributed by atoms with van der Waals surface area (Å²) >= 11 is 3.91.